The smallest absolute Gasteiger partial charge is 0.335 e. The highest BCUT2D eigenvalue weighted by Gasteiger charge is 2.26. The molecule has 0 radical (unpaired) electrons. The number of carbonyl (C=O) groups is 2. The molecule has 2 heterocycles. The third kappa shape index (κ3) is 2.95. The fraction of sp³-hybridized carbons (Fsp3) is 0.190. The molecule has 7 heteroatoms. The molecule has 0 saturated carbocycles. The highest BCUT2D eigenvalue weighted by atomic mass is 16.4. The zero-order valence-electron chi connectivity index (χ0n) is 15.4. The largest absolute Gasteiger partial charge is 0.478 e. The molecular weight excluding hydrogens is 356 g/mol. The van der Waals surface area contributed by atoms with Crippen molar-refractivity contribution in [1.82, 2.24) is 15.3 Å². The molecule has 0 fully saturated rings. The van der Waals surface area contributed by atoms with E-state index in [4.69, 9.17) is 0 Å². The molecule has 1 aromatic heterocycles. The number of carboxylic acid groups (broad SMARTS) is 1. The minimum absolute atomic E-state index is 0.0816. The van der Waals surface area contributed by atoms with Gasteiger partial charge < -0.3 is 15.0 Å². The van der Waals surface area contributed by atoms with Crippen LogP contribution >= 0.6 is 0 Å². The molecule has 0 aliphatic carbocycles. The van der Waals surface area contributed by atoms with Crippen molar-refractivity contribution in [2.45, 2.75) is 13.0 Å². The molecule has 0 bridgehead atoms. The summed E-state index contributed by atoms with van der Waals surface area (Å²) in [5, 5.41) is 17.5. The van der Waals surface area contributed by atoms with Crippen molar-refractivity contribution >= 4 is 29.0 Å². The summed E-state index contributed by atoms with van der Waals surface area (Å²) in [6.45, 7) is 1.50. The van der Waals surface area contributed by atoms with Crippen LogP contribution in [-0.4, -0.2) is 41.4 Å². The van der Waals surface area contributed by atoms with Gasteiger partial charge in [-0.05, 0) is 37.7 Å². The van der Waals surface area contributed by atoms with E-state index in [0.29, 0.717) is 12.1 Å². The number of hydrogen-bond donors (Lipinski definition) is 3. The summed E-state index contributed by atoms with van der Waals surface area (Å²) in [7, 11) is 1.90. The van der Waals surface area contributed by atoms with E-state index in [-0.39, 0.29) is 5.56 Å². The Morgan fingerprint density at radius 2 is 2.04 bits per heavy atom. The quantitative estimate of drug-likeness (QED) is 0.577. The summed E-state index contributed by atoms with van der Waals surface area (Å²) in [5.74, 6) is -1.48. The lowest BCUT2D eigenvalue weighted by Crippen LogP contribution is -2.17. The van der Waals surface area contributed by atoms with Crippen LogP contribution < -0.4 is 10.7 Å². The first-order valence-corrected chi connectivity index (χ1v) is 9.08. The Morgan fingerprint density at radius 3 is 2.75 bits per heavy atom. The maximum Gasteiger partial charge on any atom is 0.335 e. The number of benzene rings is 2. The molecule has 0 unspecified atom stereocenters. The van der Waals surface area contributed by atoms with E-state index in [1.54, 1.807) is 12.3 Å². The molecule has 3 aromatic rings. The third-order valence-electron chi connectivity index (χ3n) is 4.91. The molecule has 1 aliphatic heterocycles. The third-order valence-corrected chi connectivity index (χ3v) is 4.91. The van der Waals surface area contributed by atoms with Crippen molar-refractivity contribution in [2.24, 2.45) is 5.10 Å². The molecule has 2 aromatic carbocycles. The van der Waals surface area contributed by atoms with Crippen LogP contribution in [0.1, 0.15) is 32.7 Å². The van der Waals surface area contributed by atoms with Gasteiger partial charge in [0.05, 0.1) is 28.6 Å². The number of aryl methyl sites for hydroxylation is 1. The van der Waals surface area contributed by atoms with E-state index in [1.807, 2.05) is 37.4 Å². The van der Waals surface area contributed by atoms with Gasteiger partial charge in [-0.2, -0.15) is 5.10 Å². The molecule has 3 N–H and O–H groups in total. The molecule has 1 amide bonds. The van der Waals surface area contributed by atoms with Crippen LogP contribution in [0.2, 0.25) is 0 Å². The van der Waals surface area contributed by atoms with Crippen LogP contribution in [0.4, 0.5) is 0 Å². The molecule has 7 nitrogen and oxygen atoms in total. The van der Waals surface area contributed by atoms with E-state index < -0.39 is 11.9 Å². The molecule has 0 atom stereocenters. The van der Waals surface area contributed by atoms with Gasteiger partial charge in [0.1, 0.15) is 0 Å². The summed E-state index contributed by atoms with van der Waals surface area (Å²) < 4.78 is 2.10. The van der Waals surface area contributed by atoms with Crippen molar-refractivity contribution in [3.05, 3.63) is 59.2 Å². The van der Waals surface area contributed by atoms with Crippen LogP contribution in [0.3, 0.4) is 0 Å². The van der Waals surface area contributed by atoms with Gasteiger partial charge in [-0.25, -0.2) is 10.2 Å². The van der Waals surface area contributed by atoms with Gasteiger partial charge in [-0.1, -0.05) is 30.3 Å². The van der Waals surface area contributed by atoms with Crippen LogP contribution in [0.15, 0.2) is 47.6 Å². The van der Waals surface area contributed by atoms with Gasteiger partial charge in [0.25, 0.3) is 5.91 Å². The Bertz CT molecular complexity index is 1100. The summed E-state index contributed by atoms with van der Waals surface area (Å²) in [5.41, 5.74) is 6.34. The SMILES string of the molecule is CNCCCn1c(-c2ccccc2)c2c3c(cc(C(=O)O)cc31)C(=O)NN=C2. The van der Waals surface area contributed by atoms with E-state index in [2.05, 4.69) is 20.4 Å². The second-order valence-corrected chi connectivity index (χ2v) is 6.66. The molecular formula is C21H20N4O3. The number of rotatable bonds is 6. The normalized spacial score (nSPS) is 12.8. The number of aromatic carboxylic acids is 1. The maximum absolute atomic E-state index is 12.5. The first-order valence-electron chi connectivity index (χ1n) is 9.08. The summed E-state index contributed by atoms with van der Waals surface area (Å²) in [6.07, 6.45) is 2.50. The average Bonchev–Trinajstić information content (AvgIpc) is 2.91. The molecule has 1 aliphatic rings. The van der Waals surface area contributed by atoms with E-state index >= 15 is 0 Å². The first-order chi connectivity index (χ1) is 13.6. The molecule has 0 saturated heterocycles. The Balaban J connectivity index is 2.09. The molecule has 28 heavy (non-hydrogen) atoms. The number of nitrogens with one attached hydrogen (secondary N) is 2. The summed E-state index contributed by atoms with van der Waals surface area (Å²) in [4.78, 5) is 24.2. The molecule has 0 spiro atoms. The predicted molar refractivity (Wildman–Crippen MR) is 108 cm³/mol. The van der Waals surface area contributed by atoms with Gasteiger partial charge in [0.15, 0.2) is 0 Å². The fourth-order valence-corrected chi connectivity index (χ4v) is 3.70. The second-order valence-electron chi connectivity index (χ2n) is 6.66. The first kappa shape index (κ1) is 17.9. The van der Waals surface area contributed by atoms with Crippen LogP contribution in [0.5, 0.6) is 0 Å². The van der Waals surface area contributed by atoms with Gasteiger partial charge in [-0.15, -0.1) is 0 Å². The van der Waals surface area contributed by atoms with Gasteiger partial charge in [-0.3, -0.25) is 4.79 Å². The predicted octanol–water partition coefficient (Wildman–Crippen LogP) is 2.69. The Hall–Kier alpha value is -3.45. The van der Waals surface area contributed by atoms with Crippen molar-refractivity contribution in [2.75, 3.05) is 13.6 Å². The highest BCUT2D eigenvalue weighted by molar-refractivity contribution is 6.18. The van der Waals surface area contributed by atoms with Gasteiger partial charge >= 0.3 is 5.97 Å². The minimum Gasteiger partial charge on any atom is -0.478 e. The lowest BCUT2D eigenvalue weighted by atomic mass is 10.0. The summed E-state index contributed by atoms with van der Waals surface area (Å²) >= 11 is 0. The van der Waals surface area contributed by atoms with Crippen LogP contribution in [0.25, 0.3) is 22.2 Å². The van der Waals surface area contributed by atoms with E-state index in [9.17, 15) is 14.7 Å². The zero-order chi connectivity index (χ0) is 19.7. The minimum atomic E-state index is -1.07. The fourth-order valence-electron chi connectivity index (χ4n) is 3.70. The Kier molecular flexibility index (Phi) is 4.67. The van der Waals surface area contributed by atoms with Gasteiger partial charge in [0.2, 0.25) is 0 Å². The van der Waals surface area contributed by atoms with Crippen molar-refractivity contribution in [3.8, 4) is 11.3 Å². The number of carbonyl (C=O) groups excluding carboxylic acids is 1. The lowest BCUT2D eigenvalue weighted by molar-refractivity contribution is 0.0697. The van der Waals surface area contributed by atoms with Crippen LogP contribution in [0, 0.1) is 0 Å². The molecule has 142 valence electrons. The number of aromatic nitrogens is 1. The number of amides is 1. The lowest BCUT2D eigenvalue weighted by Gasteiger charge is -2.13. The molecule has 4 rings (SSSR count). The maximum atomic E-state index is 12.5. The van der Waals surface area contributed by atoms with Crippen molar-refractivity contribution in [1.29, 1.82) is 0 Å². The standard InChI is InChI=1S/C21H20N4O3/c1-22-8-5-9-25-17-11-14(21(27)28)10-15-18(17)16(12-23-24-20(15)26)19(25)13-6-3-2-4-7-13/h2-4,6-7,10-12,22H,5,8-9H2,1H3,(H,24,26)(H,27,28). The summed E-state index contributed by atoms with van der Waals surface area (Å²) in [6, 6.07) is 12.9. The van der Waals surface area contributed by atoms with E-state index in [0.717, 1.165) is 40.7 Å². The monoisotopic (exact) mass is 376 g/mol. The van der Waals surface area contributed by atoms with Crippen molar-refractivity contribution in [3.63, 3.8) is 0 Å². The number of hydrazone groups is 1. The zero-order valence-corrected chi connectivity index (χ0v) is 15.4. The number of carboxylic acids is 1. The van der Waals surface area contributed by atoms with Crippen LogP contribution in [-0.2, 0) is 6.54 Å². The Morgan fingerprint density at radius 1 is 1.25 bits per heavy atom. The van der Waals surface area contributed by atoms with Crippen molar-refractivity contribution < 1.29 is 14.7 Å². The second kappa shape index (κ2) is 7.28. The topological polar surface area (TPSA) is 95.7 Å². The number of nitrogens with zero attached hydrogens (tertiary/aromatic N) is 2. The number of hydrogen-bond acceptors (Lipinski definition) is 4. The Labute approximate surface area is 161 Å². The average molecular weight is 376 g/mol. The van der Waals surface area contributed by atoms with Gasteiger partial charge in [0, 0.05) is 17.5 Å². The highest BCUT2D eigenvalue weighted by Crippen LogP contribution is 2.36. The van der Waals surface area contributed by atoms with E-state index in [1.165, 1.54) is 6.07 Å².